The molecule has 8 nitrogen and oxygen atoms in total. The van der Waals surface area contributed by atoms with Crippen molar-refractivity contribution < 1.29 is 24.2 Å². The van der Waals surface area contributed by atoms with Gasteiger partial charge >= 0.3 is 6.09 Å². The van der Waals surface area contributed by atoms with Gasteiger partial charge in [-0.1, -0.05) is 90.8 Å². The Morgan fingerprint density at radius 2 is 1.51 bits per heavy atom. The number of amides is 3. The molecule has 0 bridgehead atoms. The van der Waals surface area contributed by atoms with E-state index in [9.17, 15) is 19.5 Å². The fraction of sp³-hybridized carbons (Fsp3) is 0.710. The lowest BCUT2D eigenvalue weighted by molar-refractivity contribution is -0.143. The number of nitrogens with one attached hydrogen (secondary N) is 2. The Kier molecular flexibility index (Phi) is 15.6. The second-order valence-corrected chi connectivity index (χ2v) is 11.6. The maximum atomic E-state index is 14.2. The molecule has 1 rings (SSSR count). The normalized spacial score (nSPS) is 13.0. The minimum absolute atomic E-state index is 0.0480. The number of carbonyl (C=O) groups excluding carboxylic acids is 3. The zero-order valence-electron chi connectivity index (χ0n) is 25.3. The lowest BCUT2D eigenvalue weighted by atomic mass is 9.97. The van der Waals surface area contributed by atoms with Gasteiger partial charge in [-0.05, 0) is 45.6 Å². The molecule has 3 amide bonds. The van der Waals surface area contributed by atoms with Crippen molar-refractivity contribution in [3.63, 3.8) is 0 Å². The van der Waals surface area contributed by atoms with E-state index in [2.05, 4.69) is 24.5 Å². The summed E-state index contributed by atoms with van der Waals surface area (Å²) in [4.78, 5) is 42.0. The van der Waals surface area contributed by atoms with Gasteiger partial charge in [-0.25, -0.2) is 4.79 Å². The van der Waals surface area contributed by atoms with Crippen LogP contribution in [-0.2, 0) is 14.3 Å². The van der Waals surface area contributed by atoms with E-state index in [0.29, 0.717) is 25.1 Å². The largest absolute Gasteiger partial charge is 0.508 e. The molecule has 0 aliphatic carbocycles. The predicted molar refractivity (Wildman–Crippen MR) is 156 cm³/mol. The quantitative estimate of drug-likeness (QED) is 0.194. The van der Waals surface area contributed by atoms with E-state index in [1.54, 1.807) is 39.0 Å². The third-order valence-corrected chi connectivity index (χ3v) is 6.51. The van der Waals surface area contributed by atoms with E-state index in [4.69, 9.17) is 4.74 Å². The monoisotopic (exact) mass is 547 g/mol. The Morgan fingerprint density at radius 3 is 2.10 bits per heavy atom. The maximum absolute atomic E-state index is 14.2. The number of phenolic OH excluding ortho intramolecular Hbond substituents is 1. The molecule has 1 aromatic rings. The molecule has 0 aliphatic heterocycles. The zero-order chi connectivity index (χ0) is 29.4. The van der Waals surface area contributed by atoms with Gasteiger partial charge in [0.05, 0.1) is 0 Å². The van der Waals surface area contributed by atoms with E-state index in [1.165, 1.54) is 17.4 Å². The smallest absolute Gasteiger partial charge is 0.408 e. The van der Waals surface area contributed by atoms with E-state index in [-0.39, 0.29) is 23.5 Å². The fourth-order valence-electron chi connectivity index (χ4n) is 4.41. The van der Waals surface area contributed by atoms with Crippen molar-refractivity contribution in [3.8, 4) is 5.75 Å². The number of hydrogen-bond acceptors (Lipinski definition) is 5. The van der Waals surface area contributed by atoms with Crippen LogP contribution in [0, 0.1) is 5.92 Å². The standard InChI is InChI=1S/C31H53N3O5/c1-8-10-12-13-14-18-22-34(29(37)26(23(3)4)33-30(38)39-31(5,6)7)27(24-19-15-16-20-25(24)35)28(36)32-21-17-11-9-2/h15-16,19-20,23,26-27,35H,8-14,17-18,21-22H2,1-7H3,(H,32,36)(H,33,38). The van der Waals surface area contributed by atoms with Crippen LogP contribution in [0.15, 0.2) is 24.3 Å². The summed E-state index contributed by atoms with van der Waals surface area (Å²) in [7, 11) is 0. The molecule has 0 aromatic heterocycles. The summed E-state index contributed by atoms with van der Waals surface area (Å²) >= 11 is 0. The first-order valence-electron chi connectivity index (χ1n) is 14.8. The van der Waals surface area contributed by atoms with Gasteiger partial charge in [0.15, 0.2) is 0 Å². The number of aromatic hydroxyl groups is 1. The number of ether oxygens (including phenoxy) is 1. The van der Waals surface area contributed by atoms with Crippen LogP contribution >= 0.6 is 0 Å². The Balaban J connectivity index is 3.38. The highest BCUT2D eigenvalue weighted by atomic mass is 16.6. The van der Waals surface area contributed by atoms with E-state index < -0.39 is 23.8 Å². The van der Waals surface area contributed by atoms with Crippen molar-refractivity contribution >= 4 is 17.9 Å². The molecule has 0 radical (unpaired) electrons. The number of phenols is 1. The van der Waals surface area contributed by atoms with Gasteiger partial charge in [-0.15, -0.1) is 0 Å². The number of alkyl carbamates (subject to hydrolysis) is 1. The topological polar surface area (TPSA) is 108 Å². The fourth-order valence-corrected chi connectivity index (χ4v) is 4.41. The van der Waals surface area contributed by atoms with Gasteiger partial charge in [0.2, 0.25) is 11.8 Å². The molecule has 1 aromatic carbocycles. The highest BCUT2D eigenvalue weighted by molar-refractivity contribution is 5.92. The van der Waals surface area contributed by atoms with Crippen molar-refractivity contribution in [2.45, 2.75) is 124 Å². The Morgan fingerprint density at radius 1 is 0.923 bits per heavy atom. The molecule has 3 N–H and O–H groups in total. The zero-order valence-corrected chi connectivity index (χ0v) is 25.3. The van der Waals surface area contributed by atoms with Crippen LogP contribution in [0.4, 0.5) is 4.79 Å². The molecule has 0 saturated heterocycles. The molecular formula is C31H53N3O5. The van der Waals surface area contributed by atoms with E-state index in [1.807, 2.05) is 13.8 Å². The van der Waals surface area contributed by atoms with Gasteiger partial charge < -0.3 is 25.4 Å². The van der Waals surface area contributed by atoms with Crippen molar-refractivity contribution in [1.29, 1.82) is 0 Å². The van der Waals surface area contributed by atoms with Gasteiger partial charge in [0, 0.05) is 18.7 Å². The number of hydrogen-bond donors (Lipinski definition) is 3. The minimum Gasteiger partial charge on any atom is -0.508 e. The third kappa shape index (κ3) is 12.8. The number of nitrogens with zero attached hydrogens (tertiary/aromatic N) is 1. The second-order valence-electron chi connectivity index (χ2n) is 11.6. The number of rotatable bonds is 17. The first kappa shape index (κ1) is 34.3. The summed E-state index contributed by atoms with van der Waals surface area (Å²) in [5.41, 5.74) is -0.353. The average molecular weight is 548 g/mol. The van der Waals surface area contributed by atoms with E-state index >= 15 is 0 Å². The molecule has 0 saturated carbocycles. The van der Waals surface area contributed by atoms with Gasteiger partial charge in [-0.2, -0.15) is 0 Å². The van der Waals surface area contributed by atoms with Crippen molar-refractivity contribution in [3.05, 3.63) is 29.8 Å². The van der Waals surface area contributed by atoms with Crippen LogP contribution in [-0.4, -0.2) is 52.6 Å². The summed E-state index contributed by atoms with van der Waals surface area (Å²) in [6, 6.07) is 4.71. The van der Waals surface area contributed by atoms with Crippen LogP contribution in [0.5, 0.6) is 5.75 Å². The molecule has 0 heterocycles. The lowest BCUT2D eigenvalue weighted by Gasteiger charge is -2.36. The SMILES string of the molecule is CCCCCCCCN(C(=O)C(NC(=O)OC(C)(C)C)C(C)C)C(C(=O)NCCCCC)c1ccccc1O. The summed E-state index contributed by atoms with van der Waals surface area (Å²) in [5, 5.41) is 16.5. The molecule has 2 unspecified atom stereocenters. The molecule has 222 valence electrons. The molecule has 0 spiro atoms. The maximum Gasteiger partial charge on any atom is 0.408 e. The Bertz CT molecular complexity index is 881. The molecular weight excluding hydrogens is 494 g/mol. The third-order valence-electron chi connectivity index (χ3n) is 6.51. The van der Waals surface area contributed by atoms with Crippen LogP contribution in [0.2, 0.25) is 0 Å². The first-order valence-corrected chi connectivity index (χ1v) is 14.8. The lowest BCUT2D eigenvalue weighted by Crippen LogP contribution is -2.55. The number of para-hydroxylation sites is 1. The van der Waals surface area contributed by atoms with Gasteiger partial charge in [-0.3, -0.25) is 9.59 Å². The van der Waals surface area contributed by atoms with Gasteiger partial charge in [0.1, 0.15) is 23.4 Å². The number of unbranched alkanes of at least 4 members (excludes halogenated alkanes) is 7. The van der Waals surface area contributed by atoms with Crippen molar-refractivity contribution in [2.75, 3.05) is 13.1 Å². The second kappa shape index (κ2) is 17.7. The van der Waals surface area contributed by atoms with Crippen LogP contribution < -0.4 is 10.6 Å². The molecule has 0 aliphatic rings. The van der Waals surface area contributed by atoms with Gasteiger partial charge in [0.25, 0.3) is 0 Å². The van der Waals surface area contributed by atoms with Crippen LogP contribution in [0.3, 0.4) is 0 Å². The molecule has 0 fully saturated rings. The number of benzene rings is 1. The van der Waals surface area contributed by atoms with E-state index in [0.717, 1.165) is 44.9 Å². The first-order chi connectivity index (χ1) is 18.4. The van der Waals surface area contributed by atoms with Crippen molar-refractivity contribution in [2.24, 2.45) is 5.92 Å². The summed E-state index contributed by atoms with van der Waals surface area (Å²) in [5.74, 6) is -1.02. The molecule has 8 heteroatoms. The highest BCUT2D eigenvalue weighted by Gasteiger charge is 2.38. The predicted octanol–water partition coefficient (Wildman–Crippen LogP) is 6.48. The van der Waals surface area contributed by atoms with Crippen molar-refractivity contribution in [1.82, 2.24) is 15.5 Å². The highest BCUT2D eigenvalue weighted by Crippen LogP contribution is 2.31. The Hall–Kier alpha value is -2.77. The molecule has 2 atom stereocenters. The number of carbonyl (C=O) groups is 3. The average Bonchev–Trinajstić information content (AvgIpc) is 2.85. The minimum atomic E-state index is -1.03. The summed E-state index contributed by atoms with van der Waals surface area (Å²) < 4.78 is 5.43. The summed E-state index contributed by atoms with van der Waals surface area (Å²) in [6.45, 7) is 14.1. The Labute approximate surface area is 236 Å². The van der Waals surface area contributed by atoms with Crippen LogP contribution in [0.1, 0.15) is 118 Å². The summed E-state index contributed by atoms with van der Waals surface area (Å²) in [6.07, 6.45) is 8.26. The van der Waals surface area contributed by atoms with Crippen LogP contribution in [0.25, 0.3) is 0 Å². The molecule has 39 heavy (non-hydrogen) atoms.